The molecule has 4 N–H and O–H groups in total. The largest absolute Gasteiger partial charge is 0.490 e. The molecule has 4 saturated carbocycles. The number of sulfone groups is 4. The van der Waals surface area contributed by atoms with Crippen LogP contribution in [-0.4, -0.2) is 160 Å². The van der Waals surface area contributed by atoms with Gasteiger partial charge in [0.15, 0.2) is 85.6 Å². The molecule has 4 fully saturated rings. The van der Waals surface area contributed by atoms with Crippen molar-refractivity contribution in [1.82, 2.24) is 0 Å². The van der Waals surface area contributed by atoms with Gasteiger partial charge in [-0.2, -0.15) is 52.7 Å². The van der Waals surface area contributed by atoms with Gasteiger partial charge in [0.1, 0.15) is 59.9 Å². The Labute approximate surface area is 805 Å². The number of halogens is 21. The molecule has 13 atom stereocenters. The van der Waals surface area contributed by atoms with Gasteiger partial charge in [0.2, 0.25) is 0 Å². The van der Waals surface area contributed by atoms with Crippen molar-refractivity contribution in [1.29, 1.82) is 0 Å². The Kier molecular flexibility index (Phi) is 32.7. The third-order valence-corrected chi connectivity index (χ3v) is 41.1. The van der Waals surface area contributed by atoms with Gasteiger partial charge in [-0.1, -0.05) is 50.9 Å². The predicted octanol–water partition coefficient (Wildman–Crippen LogP) is 19.8. The van der Waals surface area contributed by atoms with E-state index in [-0.39, 0.29) is 82.6 Å². The van der Waals surface area contributed by atoms with Crippen molar-refractivity contribution in [3.8, 4) is 23.0 Å². The number of Topliss-reactive ketones (excluding diaryl/α,β-unsaturated/α-hetero) is 2. The lowest BCUT2D eigenvalue weighted by Crippen LogP contribution is -2.58. The van der Waals surface area contributed by atoms with Crippen molar-refractivity contribution in [2.75, 3.05) is 65.5 Å². The van der Waals surface area contributed by atoms with Gasteiger partial charge < -0.3 is 48.8 Å². The number of carbonyl (C=O) groups is 2. The summed E-state index contributed by atoms with van der Waals surface area (Å²) in [4.78, 5) is 23.1. The quantitative estimate of drug-likeness (QED) is 0.0253. The summed E-state index contributed by atoms with van der Waals surface area (Å²) in [5.74, 6) is -18.5. The molecule has 0 aromatic heterocycles. The minimum Gasteiger partial charge on any atom is -0.490 e. The first-order valence-corrected chi connectivity index (χ1v) is 57.9. The van der Waals surface area contributed by atoms with E-state index in [0.29, 0.717) is 61.2 Å². The zero-order chi connectivity index (χ0) is 104. The molecule has 0 spiro atoms. The summed E-state index contributed by atoms with van der Waals surface area (Å²) in [5, 5.41) is 40.4. The number of hydrogen-bond acceptors (Lipinski definition) is 20. The Morgan fingerprint density at radius 3 is 0.943 bits per heavy atom. The first-order chi connectivity index (χ1) is 65.5. The van der Waals surface area contributed by atoms with Gasteiger partial charge in [-0.3, -0.25) is 9.59 Å². The van der Waals surface area contributed by atoms with Crippen LogP contribution in [0.5, 0.6) is 23.0 Å². The fourth-order valence-corrected chi connectivity index (χ4v) is 31.1. The minimum absolute atomic E-state index is 0.131. The summed E-state index contributed by atoms with van der Waals surface area (Å²) < 4.78 is 410. The van der Waals surface area contributed by atoms with Gasteiger partial charge in [-0.25, -0.2) is 68.8 Å². The summed E-state index contributed by atoms with van der Waals surface area (Å²) in [5.41, 5.74) is -6.41. The Bertz CT molecular complexity index is 6240. The van der Waals surface area contributed by atoms with Crippen LogP contribution in [0.25, 0.3) is 0 Å². The number of carbonyl (C=O) groups excluding carboxylic acids is 2. The van der Waals surface area contributed by atoms with E-state index >= 15 is 13.2 Å². The minimum atomic E-state index is -4.70. The van der Waals surface area contributed by atoms with E-state index in [0.717, 1.165) is 110 Å². The summed E-state index contributed by atoms with van der Waals surface area (Å²) in [6.07, 6.45) is -23.3. The standard InChI is InChI=1S/C26H29F5O5SSi.2C21H19F5O5S.C20H15F5O4S.C6H15ClOSi/c1-38(2,3)13-12-35-14-18-19-15-36-24-21(28)9-8-20(27)23(24)25(19,11-10-22(18)32)37(33,34)17-6-4-16(5-7-17)26(29,30)31;2*22-15-5-6-16(23)19-18(15)20(8-7-17(28)13(9-27)14(20)10-31-19)32(29,30)12-3-1-11(2-4-12)21(24,25)26;21-15-5-6-16(22)18-17(15)19(8-7-13(26)9-12(19)10-29-18)30(27,28)14-3-1-11(2-4-14)20(23,24)25;1-9(2,3)5-4-8-6-7/h4-9,18-19H,10-15H2,1-3H3;2*1-6,13-14,17,27-28H,7-10H2;1-6,12H,7-10H2;4-6H2,1-3H3/t18-,19-,25-;13-,14-,17+,20-;13-,14-,17-,20-;12-,19+;/m0001./s1. The second kappa shape index (κ2) is 41.6. The maximum atomic E-state index is 15.4. The van der Waals surface area contributed by atoms with Gasteiger partial charge in [0.25, 0.3) is 0 Å². The van der Waals surface area contributed by atoms with E-state index in [4.69, 9.17) is 40.0 Å². The van der Waals surface area contributed by atoms with E-state index in [2.05, 4.69) is 39.3 Å². The maximum Gasteiger partial charge on any atom is 0.416 e. The Balaban J connectivity index is 0.000000163. The topological polar surface area (TPSA) is 307 Å². The number of aliphatic hydroxyl groups is 4. The molecular weight excluding hydrogens is 2050 g/mol. The van der Waals surface area contributed by atoms with Crippen LogP contribution in [0.15, 0.2) is 165 Å². The molecule has 8 aromatic carbocycles. The van der Waals surface area contributed by atoms with Crippen LogP contribution >= 0.6 is 11.6 Å². The Morgan fingerprint density at radius 2 is 0.645 bits per heavy atom. The molecule has 0 radical (unpaired) electrons. The average molecular weight is 2150 g/mol. The normalized spacial score (nSPS) is 25.0. The molecule has 772 valence electrons. The fourth-order valence-electron chi connectivity index (χ4n) is 20.0. The highest BCUT2D eigenvalue weighted by atomic mass is 35.5. The SMILES string of the molecule is C[Si](C)(C)CCOCCl.C[Si](C)(C)CCOC[C@@H]1C(=O)CC[C@@]2(S(=O)(=O)c3ccc(C(F)(F)F)cc3)c3c(F)ccc(F)c3OC[C@@H]12.O=C1CC[C@@]2(S(=O)(=O)c3ccc(C(F)(F)F)cc3)c3c(F)ccc(F)c3OC[C@H]2C1.O=S(=O)(c1ccc(C(F)(F)F)cc1)[C@@]12CC[C@@H](O)[C@@H](CO)[C@@H]1COc1c(F)ccc(F)c12.O=S(=O)(c1ccc(C(F)(F)F)cc1)[C@@]12CC[C@H](O)[C@@H](CO)[C@@H]1COc1c(F)ccc(F)c12. The molecule has 4 aliphatic carbocycles. The molecule has 0 unspecified atom stereocenters. The molecule has 4 heterocycles. The number of benzene rings is 8. The Hall–Kier alpha value is -8.82. The molecule has 8 aromatic rings. The van der Waals surface area contributed by atoms with Crippen LogP contribution in [0.1, 0.15) is 102 Å². The second-order valence-electron chi connectivity index (χ2n) is 37.8. The van der Waals surface area contributed by atoms with E-state index in [9.17, 15) is 138 Å². The third kappa shape index (κ3) is 21.2. The van der Waals surface area contributed by atoms with Crippen LogP contribution in [0.4, 0.5) is 87.8 Å². The average Bonchev–Trinajstić information content (AvgIpc) is 0.702. The zero-order valence-corrected chi connectivity index (χ0v) is 81.8. The monoisotopic (exact) mass is 2140 g/mol. The van der Waals surface area contributed by atoms with Gasteiger partial charge >= 0.3 is 24.7 Å². The lowest BCUT2D eigenvalue weighted by molar-refractivity contribution is -0.138. The zero-order valence-electron chi connectivity index (χ0n) is 75.8. The second-order valence-corrected chi connectivity index (χ2v) is 58.1. The van der Waals surface area contributed by atoms with Crippen molar-refractivity contribution in [2.24, 2.45) is 41.4 Å². The smallest absolute Gasteiger partial charge is 0.416 e. The van der Waals surface area contributed by atoms with E-state index in [1.165, 1.54) is 6.04 Å². The Morgan fingerprint density at radius 1 is 0.376 bits per heavy atom. The van der Waals surface area contributed by atoms with Crippen LogP contribution in [0, 0.1) is 88.0 Å². The first-order valence-electron chi connectivity index (χ1n) is 44.0. The van der Waals surface area contributed by atoms with Crippen molar-refractivity contribution < 1.29 is 180 Å². The number of aliphatic hydroxyl groups excluding tert-OH is 4. The van der Waals surface area contributed by atoms with Gasteiger partial charge in [-0.15, -0.1) is 0 Å². The summed E-state index contributed by atoms with van der Waals surface area (Å²) in [6.45, 7) is 11.6. The van der Waals surface area contributed by atoms with Crippen molar-refractivity contribution in [3.63, 3.8) is 0 Å². The summed E-state index contributed by atoms with van der Waals surface area (Å²) in [7, 11) is -20.8. The predicted molar refractivity (Wildman–Crippen MR) is 475 cm³/mol. The van der Waals surface area contributed by atoms with Gasteiger partial charge in [0, 0.05) is 103 Å². The maximum absolute atomic E-state index is 15.4. The molecule has 141 heavy (non-hydrogen) atoms. The van der Waals surface area contributed by atoms with Crippen molar-refractivity contribution in [2.45, 2.75) is 185 Å². The number of ketones is 2. The highest BCUT2D eigenvalue weighted by Crippen LogP contribution is 2.63. The highest BCUT2D eigenvalue weighted by molar-refractivity contribution is 7.93. The van der Waals surface area contributed by atoms with Crippen molar-refractivity contribution >= 4 is 78.7 Å². The fraction of sp³-hybridized carbons (Fsp3) is 0.468. The number of ether oxygens (including phenoxy) is 6. The van der Waals surface area contributed by atoms with Gasteiger partial charge in [-0.05, 0) is 196 Å². The molecule has 0 saturated heterocycles. The van der Waals surface area contributed by atoms with Crippen LogP contribution in [0.3, 0.4) is 0 Å². The molecule has 47 heteroatoms. The lowest BCUT2D eigenvalue weighted by atomic mass is 9.66. The first kappa shape index (κ1) is 111. The molecule has 8 aliphatic rings. The molecule has 0 bridgehead atoms. The number of rotatable bonds is 19. The molecular formula is C94H97ClF20O20S4Si2. The van der Waals surface area contributed by atoms with Crippen LogP contribution in [-0.2, 0) is 102 Å². The molecule has 20 nitrogen and oxygen atoms in total. The van der Waals surface area contributed by atoms with E-state index in [1.54, 1.807) is 0 Å². The highest BCUT2D eigenvalue weighted by Gasteiger charge is 2.67. The van der Waals surface area contributed by atoms with Gasteiger partial charge in [0.05, 0.1) is 109 Å². The molecule has 16 rings (SSSR count). The van der Waals surface area contributed by atoms with E-state index < -0.39 is 319 Å². The number of fused-ring (bicyclic) bond motifs is 12. The summed E-state index contributed by atoms with van der Waals surface area (Å²) >= 11 is 5.32. The van der Waals surface area contributed by atoms with Crippen LogP contribution in [0.2, 0.25) is 51.4 Å². The summed E-state index contributed by atoms with van der Waals surface area (Å²) in [6, 6.07) is 19.8. The molecule has 4 aliphatic heterocycles. The lowest BCUT2D eigenvalue weighted by Gasteiger charge is -2.51. The molecule has 0 amide bonds. The number of alkyl halides is 13. The third-order valence-electron chi connectivity index (χ3n) is 27.2. The van der Waals surface area contributed by atoms with E-state index in [1.807, 2.05) is 0 Å². The van der Waals surface area contributed by atoms with Crippen molar-refractivity contribution in [3.05, 3.63) is 237 Å². The number of hydrogen-bond donors (Lipinski definition) is 4. The van der Waals surface area contributed by atoms with Crippen LogP contribution < -0.4 is 18.9 Å².